The van der Waals surface area contributed by atoms with Crippen LogP contribution < -0.4 is 22.5 Å². The highest BCUT2D eigenvalue weighted by molar-refractivity contribution is 5.76. The Morgan fingerprint density at radius 3 is 3.00 bits per heavy atom. The van der Waals surface area contributed by atoms with Crippen molar-refractivity contribution in [1.29, 1.82) is 5.41 Å². The summed E-state index contributed by atoms with van der Waals surface area (Å²) < 4.78 is 7.09. The lowest BCUT2D eigenvalue weighted by molar-refractivity contribution is -0.0967. The number of anilines is 1. The second-order valence-electron chi connectivity index (χ2n) is 5.63. The van der Waals surface area contributed by atoms with Crippen molar-refractivity contribution in [3.8, 4) is 0 Å². The smallest absolute Gasteiger partial charge is 0.351 e. The molecule has 1 aliphatic rings. The summed E-state index contributed by atoms with van der Waals surface area (Å²) in [6, 6.07) is 0. The highest BCUT2D eigenvalue weighted by Crippen LogP contribution is 2.16. The second kappa shape index (κ2) is 8.04. The number of nitrogen functional groups attached to an aromatic ring is 1. The van der Waals surface area contributed by atoms with Gasteiger partial charge in [0, 0.05) is 31.3 Å². The molecule has 2 heterocycles. The molecule has 0 aliphatic carbocycles. The molecular formula is C14H24N6O3. The van der Waals surface area contributed by atoms with Crippen molar-refractivity contribution >= 4 is 11.7 Å². The molecule has 0 amide bonds. The molecule has 1 aromatic heterocycles. The minimum Gasteiger partial charge on any atom is -0.394 e. The largest absolute Gasteiger partial charge is 0.394 e. The SMILES string of the molecule is N=C(N)CCCCc1cn(C2CNCC(CO)O2)c(=O)nc1N. The Labute approximate surface area is 134 Å². The molecule has 0 bridgehead atoms. The number of hydrogen-bond donors (Lipinski definition) is 5. The van der Waals surface area contributed by atoms with E-state index >= 15 is 0 Å². The minimum atomic E-state index is -0.516. The molecule has 2 atom stereocenters. The number of hydrogen-bond acceptors (Lipinski definition) is 7. The van der Waals surface area contributed by atoms with E-state index < -0.39 is 11.9 Å². The van der Waals surface area contributed by atoms with E-state index in [1.807, 2.05) is 0 Å². The summed E-state index contributed by atoms with van der Waals surface area (Å²) in [5.74, 6) is 0.384. The van der Waals surface area contributed by atoms with Crippen LogP contribution in [0.4, 0.5) is 5.82 Å². The van der Waals surface area contributed by atoms with Crippen LogP contribution in [0.25, 0.3) is 0 Å². The van der Waals surface area contributed by atoms with Gasteiger partial charge in [-0.3, -0.25) is 9.98 Å². The monoisotopic (exact) mass is 324 g/mol. The number of ether oxygens (including phenoxy) is 1. The normalized spacial score (nSPS) is 21.3. The topological polar surface area (TPSA) is 152 Å². The maximum atomic E-state index is 12.1. The van der Waals surface area contributed by atoms with Crippen molar-refractivity contribution in [3.05, 3.63) is 22.2 Å². The van der Waals surface area contributed by atoms with Gasteiger partial charge in [-0.2, -0.15) is 4.98 Å². The third-order valence-electron chi connectivity index (χ3n) is 3.76. The summed E-state index contributed by atoms with van der Waals surface area (Å²) in [6.07, 6.45) is 3.57. The number of nitrogens with one attached hydrogen (secondary N) is 2. The number of morpholine rings is 1. The lowest BCUT2D eigenvalue weighted by atomic mass is 10.1. The van der Waals surface area contributed by atoms with Gasteiger partial charge in [0.2, 0.25) is 0 Å². The molecule has 1 fully saturated rings. The number of aryl methyl sites for hydroxylation is 1. The van der Waals surface area contributed by atoms with Crippen LogP contribution in [0, 0.1) is 5.41 Å². The Morgan fingerprint density at radius 2 is 2.30 bits per heavy atom. The maximum Gasteiger partial charge on any atom is 0.351 e. The molecule has 128 valence electrons. The van der Waals surface area contributed by atoms with Crippen LogP contribution in [-0.4, -0.2) is 46.3 Å². The molecule has 0 aromatic carbocycles. The van der Waals surface area contributed by atoms with Crippen molar-refractivity contribution in [2.24, 2.45) is 5.73 Å². The second-order valence-corrected chi connectivity index (χ2v) is 5.63. The lowest BCUT2D eigenvalue weighted by Gasteiger charge is -2.30. The molecule has 0 spiro atoms. The Morgan fingerprint density at radius 1 is 1.52 bits per heavy atom. The summed E-state index contributed by atoms with van der Waals surface area (Å²) >= 11 is 0. The van der Waals surface area contributed by atoms with E-state index in [0.29, 0.717) is 25.9 Å². The fourth-order valence-electron chi connectivity index (χ4n) is 2.51. The lowest BCUT2D eigenvalue weighted by Crippen LogP contribution is -2.46. The molecular weight excluding hydrogens is 300 g/mol. The molecule has 2 rings (SSSR count). The molecule has 7 N–H and O–H groups in total. The fraction of sp³-hybridized carbons (Fsp3) is 0.643. The van der Waals surface area contributed by atoms with Crippen molar-refractivity contribution < 1.29 is 9.84 Å². The van der Waals surface area contributed by atoms with Gasteiger partial charge >= 0.3 is 5.69 Å². The summed E-state index contributed by atoms with van der Waals surface area (Å²) in [6.45, 7) is 0.895. The van der Waals surface area contributed by atoms with E-state index in [-0.39, 0.29) is 24.4 Å². The number of nitrogens with two attached hydrogens (primary N) is 2. The Balaban J connectivity index is 2.09. The van der Waals surface area contributed by atoms with E-state index in [1.54, 1.807) is 6.20 Å². The van der Waals surface area contributed by atoms with Crippen LogP contribution in [0.2, 0.25) is 0 Å². The summed E-state index contributed by atoms with van der Waals surface area (Å²) in [5.41, 5.74) is 11.4. The molecule has 1 saturated heterocycles. The predicted molar refractivity (Wildman–Crippen MR) is 86.2 cm³/mol. The van der Waals surface area contributed by atoms with Crippen LogP contribution in [0.5, 0.6) is 0 Å². The Kier molecular flexibility index (Phi) is 6.08. The molecule has 0 saturated carbocycles. The Hall–Kier alpha value is -1.97. The quantitative estimate of drug-likeness (QED) is 0.244. The van der Waals surface area contributed by atoms with Crippen LogP contribution in [0.1, 0.15) is 31.1 Å². The molecule has 2 unspecified atom stereocenters. The highest BCUT2D eigenvalue weighted by atomic mass is 16.5. The predicted octanol–water partition coefficient (Wildman–Crippen LogP) is -1.05. The third kappa shape index (κ3) is 4.75. The first kappa shape index (κ1) is 17.4. The van der Waals surface area contributed by atoms with E-state index in [1.165, 1.54) is 4.57 Å². The molecule has 1 aliphatic heterocycles. The molecule has 9 heteroatoms. The van der Waals surface area contributed by atoms with Gasteiger partial charge in [-0.25, -0.2) is 4.79 Å². The standard InChI is InChI=1S/C14H24N6O3/c15-11(16)4-2-1-3-9-7-20(14(22)19-13(9)17)12-6-18-5-10(8-21)23-12/h7,10,12,18,21H,1-6,8H2,(H3,15,16)(H2,17,19,22). The van der Waals surface area contributed by atoms with E-state index in [2.05, 4.69) is 10.3 Å². The van der Waals surface area contributed by atoms with Gasteiger partial charge in [-0.1, -0.05) is 0 Å². The zero-order valence-electron chi connectivity index (χ0n) is 13.0. The number of amidine groups is 1. The summed E-state index contributed by atoms with van der Waals surface area (Å²) in [5, 5.41) is 19.5. The zero-order chi connectivity index (χ0) is 16.8. The van der Waals surface area contributed by atoms with Crippen molar-refractivity contribution in [3.63, 3.8) is 0 Å². The third-order valence-corrected chi connectivity index (χ3v) is 3.76. The first-order valence-corrected chi connectivity index (χ1v) is 7.68. The van der Waals surface area contributed by atoms with Gasteiger partial charge in [0.1, 0.15) is 5.82 Å². The highest BCUT2D eigenvalue weighted by Gasteiger charge is 2.24. The molecule has 23 heavy (non-hydrogen) atoms. The number of aliphatic hydroxyl groups is 1. The fourth-order valence-corrected chi connectivity index (χ4v) is 2.51. The van der Waals surface area contributed by atoms with E-state index in [0.717, 1.165) is 18.4 Å². The summed E-state index contributed by atoms with van der Waals surface area (Å²) in [4.78, 5) is 15.9. The zero-order valence-corrected chi connectivity index (χ0v) is 13.0. The number of aromatic nitrogens is 2. The van der Waals surface area contributed by atoms with Gasteiger partial charge in [0.15, 0.2) is 6.23 Å². The minimum absolute atomic E-state index is 0.113. The van der Waals surface area contributed by atoms with Gasteiger partial charge in [0.05, 0.1) is 18.5 Å². The number of unbranched alkanes of at least 4 members (excludes halogenated alkanes) is 1. The first-order valence-electron chi connectivity index (χ1n) is 7.68. The molecule has 1 aromatic rings. The van der Waals surface area contributed by atoms with Gasteiger partial charge in [-0.15, -0.1) is 0 Å². The number of aliphatic hydroxyl groups excluding tert-OH is 1. The summed E-state index contributed by atoms with van der Waals surface area (Å²) in [7, 11) is 0. The van der Waals surface area contributed by atoms with Crippen LogP contribution >= 0.6 is 0 Å². The van der Waals surface area contributed by atoms with Gasteiger partial charge in [0.25, 0.3) is 0 Å². The molecule has 0 radical (unpaired) electrons. The van der Waals surface area contributed by atoms with Crippen LogP contribution in [0.3, 0.4) is 0 Å². The van der Waals surface area contributed by atoms with E-state index in [4.69, 9.17) is 21.6 Å². The maximum absolute atomic E-state index is 12.1. The van der Waals surface area contributed by atoms with Crippen molar-refractivity contribution in [2.45, 2.75) is 38.0 Å². The van der Waals surface area contributed by atoms with Crippen molar-refractivity contribution in [2.75, 3.05) is 25.4 Å². The van der Waals surface area contributed by atoms with Gasteiger partial charge < -0.3 is 26.6 Å². The number of rotatable bonds is 7. The van der Waals surface area contributed by atoms with Crippen LogP contribution in [-0.2, 0) is 11.2 Å². The van der Waals surface area contributed by atoms with Crippen molar-refractivity contribution in [1.82, 2.24) is 14.9 Å². The van der Waals surface area contributed by atoms with Gasteiger partial charge in [-0.05, 0) is 19.3 Å². The van der Waals surface area contributed by atoms with Crippen LogP contribution in [0.15, 0.2) is 11.0 Å². The average molecular weight is 324 g/mol. The first-order chi connectivity index (χ1) is 11.0. The Bertz CT molecular complexity index is 603. The van der Waals surface area contributed by atoms with E-state index in [9.17, 15) is 9.90 Å². The average Bonchev–Trinajstić information content (AvgIpc) is 2.53. The number of nitrogens with zero attached hydrogens (tertiary/aromatic N) is 2. The molecule has 9 nitrogen and oxygen atoms in total.